The van der Waals surface area contributed by atoms with E-state index >= 15 is 0 Å². The topological polar surface area (TPSA) is 115 Å². The van der Waals surface area contributed by atoms with E-state index in [1.165, 1.54) is 9.80 Å². The first kappa shape index (κ1) is 32.9. The van der Waals surface area contributed by atoms with E-state index in [1.807, 2.05) is 64.1 Å². The number of carbonyl (C=O) groups is 4. The van der Waals surface area contributed by atoms with Crippen molar-refractivity contribution in [3.8, 4) is 0 Å². The maximum absolute atomic E-state index is 11.9. The third-order valence-electron chi connectivity index (χ3n) is 5.89. The molecule has 0 aliphatic carbocycles. The Hall–Kier alpha value is -3.10. The molecule has 0 saturated heterocycles. The van der Waals surface area contributed by atoms with Gasteiger partial charge in [0.2, 0.25) is 11.8 Å². The van der Waals surface area contributed by atoms with E-state index in [2.05, 4.69) is 0 Å². The van der Waals surface area contributed by atoms with Crippen molar-refractivity contribution >= 4 is 58.3 Å². The number of carboxylic acids is 2. The molecule has 2 N–H and O–H groups in total. The minimum absolute atomic E-state index is 0.228. The average molecular weight is 568 g/mol. The summed E-state index contributed by atoms with van der Waals surface area (Å²) in [4.78, 5) is 48.3. The molecule has 0 fully saturated rings. The van der Waals surface area contributed by atoms with Crippen LogP contribution in [0.2, 0.25) is 0 Å². The molecular weight excluding hydrogens is 531 g/mol. The molecule has 0 heterocycles. The van der Waals surface area contributed by atoms with Crippen molar-refractivity contribution < 1.29 is 29.4 Å². The Balaban J connectivity index is 0.000000380. The highest BCUT2D eigenvalue weighted by atomic mass is 35.5. The summed E-state index contributed by atoms with van der Waals surface area (Å²) in [6.45, 7) is 7.17. The molecule has 8 nitrogen and oxygen atoms in total. The van der Waals surface area contributed by atoms with E-state index in [0.717, 1.165) is 47.9 Å². The monoisotopic (exact) mass is 566 g/mol. The fourth-order valence-corrected chi connectivity index (χ4v) is 4.41. The van der Waals surface area contributed by atoms with Gasteiger partial charge in [0.15, 0.2) is 0 Å². The summed E-state index contributed by atoms with van der Waals surface area (Å²) in [5.41, 5.74) is 5.22. The zero-order valence-corrected chi connectivity index (χ0v) is 23.8. The molecule has 10 heteroatoms. The Morgan fingerprint density at radius 2 is 0.868 bits per heavy atom. The van der Waals surface area contributed by atoms with Gasteiger partial charge in [-0.05, 0) is 47.9 Å². The fourth-order valence-electron chi connectivity index (χ4n) is 4.12. The second-order valence-electron chi connectivity index (χ2n) is 8.28. The molecule has 0 aromatic heterocycles. The summed E-state index contributed by atoms with van der Waals surface area (Å²) < 4.78 is 0. The number of aryl methyl sites for hydroxylation is 4. The third-order valence-corrected chi connectivity index (χ3v) is 6.34. The van der Waals surface area contributed by atoms with Gasteiger partial charge in [-0.15, -0.1) is 23.2 Å². The molecule has 0 spiro atoms. The summed E-state index contributed by atoms with van der Waals surface area (Å²) in [5.74, 6) is -3.33. The number of alkyl halides is 2. The van der Waals surface area contributed by atoms with Gasteiger partial charge in [0.05, 0.1) is 11.4 Å². The SMILES string of the molecule is CCc1cccc(CC)c1N(CC(=O)O)C(=O)CCl.CCc1cccc(CC)c1N(CC(=O)O)C(=O)CCl. The molecule has 0 radical (unpaired) electrons. The van der Waals surface area contributed by atoms with Gasteiger partial charge in [-0.3, -0.25) is 29.0 Å². The van der Waals surface area contributed by atoms with E-state index in [1.54, 1.807) is 0 Å². The second kappa shape index (κ2) is 16.7. The highest BCUT2D eigenvalue weighted by Gasteiger charge is 2.23. The number of hydrogen-bond acceptors (Lipinski definition) is 4. The number of nitrogens with zero attached hydrogens (tertiary/aromatic N) is 2. The van der Waals surface area contributed by atoms with Gasteiger partial charge in [-0.2, -0.15) is 0 Å². The molecule has 2 aromatic carbocycles. The lowest BCUT2D eigenvalue weighted by Crippen LogP contribution is -2.37. The quantitative estimate of drug-likeness (QED) is 0.352. The molecule has 0 aliphatic rings. The first-order valence-corrected chi connectivity index (χ1v) is 13.5. The Bertz CT molecular complexity index is 991. The standard InChI is InChI=1S/2C14H18ClNO3/c2*1-3-10-6-5-7-11(4-2)14(10)16(9-13(18)19)12(17)8-15/h2*5-7H,3-4,8-9H2,1-2H3,(H,18,19). The van der Waals surface area contributed by atoms with E-state index < -0.39 is 11.9 Å². The molecule has 38 heavy (non-hydrogen) atoms. The van der Waals surface area contributed by atoms with Crippen LogP contribution in [0.25, 0.3) is 0 Å². The van der Waals surface area contributed by atoms with Crippen molar-refractivity contribution in [2.75, 3.05) is 34.6 Å². The number of carboxylic acid groups (broad SMARTS) is 2. The van der Waals surface area contributed by atoms with Crippen LogP contribution in [0.3, 0.4) is 0 Å². The maximum Gasteiger partial charge on any atom is 0.323 e. The van der Waals surface area contributed by atoms with Crippen LogP contribution in [0.5, 0.6) is 0 Å². The first-order valence-electron chi connectivity index (χ1n) is 12.5. The maximum atomic E-state index is 11.9. The van der Waals surface area contributed by atoms with Gasteiger partial charge < -0.3 is 10.2 Å². The number of carbonyl (C=O) groups excluding carboxylic acids is 2. The van der Waals surface area contributed by atoms with Gasteiger partial charge in [-0.25, -0.2) is 0 Å². The van der Waals surface area contributed by atoms with Crippen LogP contribution in [-0.2, 0) is 44.9 Å². The van der Waals surface area contributed by atoms with Crippen molar-refractivity contribution in [2.24, 2.45) is 0 Å². The summed E-state index contributed by atoms with van der Waals surface area (Å²) in [6.07, 6.45) is 2.92. The smallest absolute Gasteiger partial charge is 0.323 e. The summed E-state index contributed by atoms with van der Waals surface area (Å²) >= 11 is 11.2. The van der Waals surface area contributed by atoms with E-state index in [9.17, 15) is 19.2 Å². The van der Waals surface area contributed by atoms with Crippen LogP contribution in [0.4, 0.5) is 11.4 Å². The molecule has 0 saturated carbocycles. The Morgan fingerprint density at radius 1 is 0.605 bits per heavy atom. The van der Waals surface area contributed by atoms with E-state index in [-0.39, 0.29) is 36.7 Å². The Labute approximate surface area is 234 Å². The molecule has 0 aliphatic heterocycles. The highest BCUT2D eigenvalue weighted by Crippen LogP contribution is 2.28. The van der Waals surface area contributed by atoms with E-state index in [0.29, 0.717) is 11.4 Å². The zero-order chi connectivity index (χ0) is 28.8. The summed E-state index contributed by atoms with van der Waals surface area (Å²) in [7, 11) is 0. The van der Waals surface area contributed by atoms with Crippen molar-refractivity contribution in [3.63, 3.8) is 0 Å². The molecular formula is C28H36Cl2N2O6. The Morgan fingerprint density at radius 3 is 1.05 bits per heavy atom. The van der Waals surface area contributed by atoms with Crippen LogP contribution < -0.4 is 9.80 Å². The van der Waals surface area contributed by atoms with Gasteiger partial charge in [0, 0.05) is 0 Å². The number of para-hydroxylation sites is 2. The lowest BCUT2D eigenvalue weighted by Gasteiger charge is -2.25. The normalized spacial score (nSPS) is 10.3. The molecule has 208 valence electrons. The number of halogens is 2. The van der Waals surface area contributed by atoms with Crippen LogP contribution >= 0.6 is 23.2 Å². The molecule has 2 amide bonds. The number of amides is 2. The predicted octanol–water partition coefficient (Wildman–Crippen LogP) is 4.94. The molecule has 2 rings (SSSR count). The number of rotatable bonds is 12. The Kier molecular flexibility index (Phi) is 14.5. The second-order valence-corrected chi connectivity index (χ2v) is 8.81. The predicted molar refractivity (Wildman–Crippen MR) is 152 cm³/mol. The minimum Gasteiger partial charge on any atom is -0.480 e. The zero-order valence-electron chi connectivity index (χ0n) is 22.3. The molecule has 0 atom stereocenters. The van der Waals surface area contributed by atoms with Gasteiger partial charge in [0.25, 0.3) is 0 Å². The van der Waals surface area contributed by atoms with Crippen LogP contribution in [0.1, 0.15) is 49.9 Å². The van der Waals surface area contributed by atoms with Crippen LogP contribution in [-0.4, -0.2) is 58.8 Å². The van der Waals surface area contributed by atoms with Crippen molar-refractivity contribution in [2.45, 2.75) is 53.4 Å². The van der Waals surface area contributed by atoms with Crippen LogP contribution in [0, 0.1) is 0 Å². The third kappa shape index (κ3) is 9.03. The molecule has 0 unspecified atom stereocenters. The first-order chi connectivity index (χ1) is 18.1. The fraction of sp³-hybridized carbons (Fsp3) is 0.429. The van der Waals surface area contributed by atoms with Crippen LogP contribution in [0.15, 0.2) is 36.4 Å². The van der Waals surface area contributed by atoms with Crippen molar-refractivity contribution in [1.82, 2.24) is 0 Å². The molecule has 2 aromatic rings. The minimum atomic E-state index is -1.05. The molecule has 0 bridgehead atoms. The number of anilines is 2. The van der Waals surface area contributed by atoms with Gasteiger partial charge in [-0.1, -0.05) is 64.1 Å². The largest absolute Gasteiger partial charge is 0.480 e. The van der Waals surface area contributed by atoms with E-state index in [4.69, 9.17) is 33.4 Å². The van der Waals surface area contributed by atoms with Crippen molar-refractivity contribution in [1.29, 1.82) is 0 Å². The highest BCUT2D eigenvalue weighted by molar-refractivity contribution is 6.30. The number of aliphatic carboxylic acids is 2. The van der Waals surface area contributed by atoms with Gasteiger partial charge in [0.1, 0.15) is 24.8 Å². The number of hydrogen-bond donors (Lipinski definition) is 2. The summed E-state index contributed by atoms with van der Waals surface area (Å²) in [6, 6.07) is 11.5. The number of benzene rings is 2. The van der Waals surface area contributed by atoms with Gasteiger partial charge >= 0.3 is 11.9 Å². The lowest BCUT2D eigenvalue weighted by atomic mass is 10.0. The summed E-state index contributed by atoms with van der Waals surface area (Å²) in [5, 5.41) is 18.0. The van der Waals surface area contributed by atoms with Crippen molar-refractivity contribution in [3.05, 3.63) is 58.7 Å². The lowest BCUT2D eigenvalue weighted by molar-refractivity contribution is -0.137. The average Bonchev–Trinajstić information content (AvgIpc) is 2.92.